The Kier molecular flexibility index (Phi) is 3.13. The zero-order valence-corrected chi connectivity index (χ0v) is 10.8. The van der Waals surface area contributed by atoms with E-state index >= 15 is 0 Å². The van der Waals surface area contributed by atoms with Gasteiger partial charge in [0.15, 0.2) is 0 Å². The molecule has 0 aliphatic carbocycles. The summed E-state index contributed by atoms with van der Waals surface area (Å²) in [5, 5.41) is 10.4. The molecular formula is C13H12ClNO3. The smallest absolute Gasteiger partial charge is 0.341 e. The predicted molar refractivity (Wildman–Crippen MR) is 70.5 cm³/mol. The van der Waals surface area contributed by atoms with Gasteiger partial charge in [-0.05, 0) is 30.2 Å². The van der Waals surface area contributed by atoms with Gasteiger partial charge in [0.25, 0.3) is 5.56 Å². The first-order chi connectivity index (χ1) is 8.47. The maximum atomic E-state index is 12.0. The molecular weight excluding hydrogens is 254 g/mol. The van der Waals surface area contributed by atoms with Gasteiger partial charge in [0.05, 0.1) is 5.52 Å². The number of fused-ring (bicyclic) bond motifs is 1. The minimum absolute atomic E-state index is 0.172. The molecule has 1 N–H and O–H groups in total. The molecule has 0 bridgehead atoms. The number of carbonyl (C=O) groups is 1. The van der Waals surface area contributed by atoms with E-state index in [1.54, 1.807) is 25.2 Å². The number of aromatic carboxylic acids is 1. The first kappa shape index (κ1) is 12.6. The van der Waals surface area contributed by atoms with E-state index in [1.165, 1.54) is 4.57 Å². The standard InChI is InChI=1S/C13H12ClNO3/c1-3-8-9-6-7(14)4-5-10(9)15(2)12(16)11(8)13(17)18/h4-6H,3H2,1-2H3,(H,17,18). The SMILES string of the molecule is CCc1c(C(=O)O)c(=O)n(C)c2ccc(Cl)cc12. The molecule has 0 spiro atoms. The molecule has 0 saturated heterocycles. The van der Waals surface area contributed by atoms with Crippen LogP contribution in [0.2, 0.25) is 5.02 Å². The number of hydrogen-bond donors (Lipinski definition) is 1. The lowest BCUT2D eigenvalue weighted by atomic mass is 10.0. The number of carboxylic acids is 1. The fourth-order valence-electron chi connectivity index (χ4n) is 2.17. The van der Waals surface area contributed by atoms with Crippen LogP contribution in [-0.4, -0.2) is 15.6 Å². The number of rotatable bonds is 2. The van der Waals surface area contributed by atoms with E-state index in [1.807, 2.05) is 6.92 Å². The Balaban J connectivity index is 3.07. The van der Waals surface area contributed by atoms with Crippen LogP contribution in [0.5, 0.6) is 0 Å². The number of hydrogen-bond acceptors (Lipinski definition) is 2. The summed E-state index contributed by atoms with van der Waals surface area (Å²) in [7, 11) is 1.56. The summed E-state index contributed by atoms with van der Waals surface area (Å²) in [6.45, 7) is 1.82. The number of pyridine rings is 1. The highest BCUT2D eigenvalue weighted by atomic mass is 35.5. The highest BCUT2D eigenvalue weighted by molar-refractivity contribution is 6.31. The lowest BCUT2D eigenvalue weighted by Crippen LogP contribution is -2.26. The molecule has 4 nitrogen and oxygen atoms in total. The highest BCUT2D eigenvalue weighted by Crippen LogP contribution is 2.24. The van der Waals surface area contributed by atoms with Crippen LogP contribution in [0.25, 0.3) is 10.9 Å². The van der Waals surface area contributed by atoms with Gasteiger partial charge in [-0.2, -0.15) is 0 Å². The Hall–Kier alpha value is -1.81. The van der Waals surface area contributed by atoms with Gasteiger partial charge >= 0.3 is 5.97 Å². The summed E-state index contributed by atoms with van der Waals surface area (Å²) in [5.74, 6) is -1.20. The quantitative estimate of drug-likeness (QED) is 0.907. The van der Waals surface area contributed by atoms with Gasteiger partial charge in [0.1, 0.15) is 5.56 Å². The molecule has 0 radical (unpaired) electrons. The largest absolute Gasteiger partial charge is 0.477 e. The van der Waals surface area contributed by atoms with Crippen molar-refractivity contribution in [3.05, 3.63) is 44.7 Å². The Labute approximate surface area is 108 Å². The van der Waals surface area contributed by atoms with E-state index in [-0.39, 0.29) is 5.56 Å². The van der Waals surface area contributed by atoms with Crippen LogP contribution in [0.4, 0.5) is 0 Å². The third kappa shape index (κ3) is 1.78. The Morgan fingerprint density at radius 2 is 2.11 bits per heavy atom. The van der Waals surface area contributed by atoms with Crippen molar-refractivity contribution in [2.24, 2.45) is 7.05 Å². The molecule has 1 aromatic heterocycles. The number of aromatic nitrogens is 1. The fourth-order valence-corrected chi connectivity index (χ4v) is 2.34. The summed E-state index contributed by atoms with van der Waals surface area (Å²) in [6, 6.07) is 5.11. The molecule has 0 atom stereocenters. The van der Waals surface area contributed by atoms with E-state index in [2.05, 4.69) is 0 Å². The van der Waals surface area contributed by atoms with Crippen LogP contribution in [0.1, 0.15) is 22.8 Å². The maximum Gasteiger partial charge on any atom is 0.341 e. The van der Waals surface area contributed by atoms with Crippen molar-refractivity contribution in [3.8, 4) is 0 Å². The second kappa shape index (κ2) is 4.46. The molecule has 18 heavy (non-hydrogen) atoms. The molecule has 1 heterocycles. The van der Waals surface area contributed by atoms with E-state index in [4.69, 9.17) is 11.6 Å². The second-order valence-corrected chi connectivity index (χ2v) is 4.47. The third-order valence-corrected chi connectivity index (χ3v) is 3.27. The van der Waals surface area contributed by atoms with Crippen molar-refractivity contribution >= 4 is 28.5 Å². The summed E-state index contributed by atoms with van der Waals surface area (Å²) in [6.07, 6.45) is 0.467. The van der Waals surface area contributed by atoms with Gasteiger partial charge in [-0.3, -0.25) is 4.79 Å². The zero-order chi connectivity index (χ0) is 13.4. The molecule has 0 fully saturated rings. The number of carboxylic acid groups (broad SMARTS) is 1. The molecule has 94 valence electrons. The van der Waals surface area contributed by atoms with Crippen molar-refractivity contribution in [2.75, 3.05) is 0 Å². The normalized spacial score (nSPS) is 10.8. The van der Waals surface area contributed by atoms with Gasteiger partial charge in [-0.15, -0.1) is 0 Å². The second-order valence-electron chi connectivity index (χ2n) is 4.04. The van der Waals surface area contributed by atoms with Crippen molar-refractivity contribution in [1.29, 1.82) is 0 Å². The average Bonchev–Trinajstić information content (AvgIpc) is 2.32. The average molecular weight is 266 g/mol. The molecule has 0 amide bonds. The van der Waals surface area contributed by atoms with Crippen LogP contribution in [0.3, 0.4) is 0 Å². The van der Waals surface area contributed by atoms with E-state index in [0.29, 0.717) is 27.9 Å². The Bertz CT molecular complexity index is 703. The van der Waals surface area contributed by atoms with Crippen molar-refractivity contribution in [2.45, 2.75) is 13.3 Å². The van der Waals surface area contributed by atoms with Crippen LogP contribution in [0, 0.1) is 0 Å². The van der Waals surface area contributed by atoms with Gasteiger partial charge in [0, 0.05) is 17.5 Å². The molecule has 2 rings (SSSR count). The molecule has 5 heteroatoms. The van der Waals surface area contributed by atoms with Gasteiger partial charge in [-0.25, -0.2) is 4.79 Å². The molecule has 0 aliphatic heterocycles. The predicted octanol–water partition coefficient (Wildman–Crippen LogP) is 2.45. The van der Waals surface area contributed by atoms with E-state index < -0.39 is 11.5 Å². The number of aryl methyl sites for hydroxylation is 2. The molecule has 0 aliphatic rings. The molecule has 0 unspecified atom stereocenters. The number of benzene rings is 1. The lowest BCUT2D eigenvalue weighted by molar-refractivity contribution is 0.0693. The van der Waals surface area contributed by atoms with E-state index in [9.17, 15) is 14.7 Å². The first-order valence-corrected chi connectivity index (χ1v) is 5.89. The topological polar surface area (TPSA) is 59.3 Å². The van der Waals surface area contributed by atoms with Crippen LogP contribution in [0.15, 0.2) is 23.0 Å². The highest BCUT2D eigenvalue weighted by Gasteiger charge is 2.19. The monoisotopic (exact) mass is 265 g/mol. The molecule has 1 aromatic carbocycles. The van der Waals surface area contributed by atoms with Crippen LogP contribution >= 0.6 is 11.6 Å². The van der Waals surface area contributed by atoms with E-state index in [0.717, 1.165) is 0 Å². The van der Waals surface area contributed by atoms with Gasteiger partial charge in [-0.1, -0.05) is 18.5 Å². The third-order valence-electron chi connectivity index (χ3n) is 3.03. The van der Waals surface area contributed by atoms with Crippen molar-refractivity contribution in [1.82, 2.24) is 4.57 Å². The number of halogens is 1. The fraction of sp³-hybridized carbons (Fsp3) is 0.231. The molecule has 2 aromatic rings. The zero-order valence-electron chi connectivity index (χ0n) is 10.0. The Morgan fingerprint density at radius 1 is 1.44 bits per heavy atom. The van der Waals surface area contributed by atoms with Crippen molar-refractivity contribution < 1.29 is 9.90 Å². The minimum atomic E-state index is -1.20. The number of nitrogens with zero attached hydrogens (tertiary/aromatic N) is 1. The summed E-state index contributed by atoms with van der Waals surface area (Å²) >= 11 is 5.94. The summed E-state index contributed by atoms with van der Waals surface area (Å²) in [5.41, 5.74) is 0.554. The van der Waals surface area contributed by atoms with Gasteiger partial charge < -0.3 is 9.67 Å². The molecule has 0 saturated carbocycles. The minimum Gasteiger partial charge on any atom is -0.477 e. The summed E-state index contributed by atoms with van der Waals surface area (Å²) < 4.78 is 1.34. The van der Waals surface area contributed by atoms with Crippen LogP contribution < -0.4 is 5.56 Å². The van der Waals surface area contributed by atoms with Crippen LogP contribution in [-0.2, 0) is 13.5 Å². The maximum absolute atomic E-state index is 12.0. The summed E-state index contributed by atoms with van der Waals surface area (Å²) in [4.78, 5) is 23.3. The first-order valence-electron chi connectivity index (χ1n) is 5.51. The Morgan fingerprint density at radius 3 is 2.67 bits per heavy atom. The lowest BCUT2D eigenvalue weighted by Gasteiger charge is -2.12. The van der Waals surface area contributed by atoms with Crippen molar-refractivity contribution in [3.63, 3.8) is 0 Å². The van der Waals surface area contributed by atoms with Gasteiger partial charge in [0.2, 0.25) is 0 Å².